The molecule has 2 aliphatic heterocycles. The number of hydrogen-bond acceptors (Lipinski definition) is 3. The number of hydrogen-bond donors (Lipinski definition) is 1. The van der Waals surface area contributed by atoms with Crippen LogP contribution in [-0.4, -0.2) is 49.8 Å². The predicted octanol–water partition coefficient (Wildman–Crippen LogP) is 2.80. The SMILES string of the molecule is CCC1CCCCN1CC1(CNC2CC2)CCOCC1. The third kappa shape index (κ3) is 3.75. The summed E-state index contributed by atoms with van der Waals surface area (Å²) in [6.07, 6.45) is 10.9. The largest absolute Gasteiger partial charge is 0.381 e. The molecule has 0 radical (unpaired) electrons. The molecule has 3 nitrogen and oxygen atoms in total. The van der Waals surface area contributed by atoms with Gasteiger partial charge in [0.2, 0.25) is 0 Å². The van der Waals surface area contributed by atoms with Gasteiger partial charge in [-0.05, 0) is 56.9 Å². The van der Waals surface area contributed by atoms with Gasteiger partial charge in [0.05, 0.1) is 0 Å². The van der Waals surface area contributed by atoms with Gasteiger partial charge < -0.3 is 10.1 Å². The summed E-state index contributed by atoms with van der Waals surface area (Å²) in [7, 11) is 0. The molecule has 2 heterocycles. The number of ether oxygens (including phenoxy) is 1. The molecule has 3 heteroatoms. The van der Waals surface area contributed by atoms with Gasteiger partial charge in [-0.25, -0.2) is 0 Å². The maximum atomic E-state index is 5.64. The average molecular weight is 280 g/mol. The Bertz CT molecular complexity index is 297. The van der Waals surface area contributed by atoms with E-state index in [1.165, 1.54) is 71.0 Å². The van der Waals surface area contributed by atoms with Crippen LogP contribution in [0.25, 0.3) is 0 Å². The second kappa shape index (κ2) is 6.76. The molecule has 1 atom stereocenters. The van der Waals surface area contributed by atoms with Crippen molar-refractivity contribution in [3.63, 3.8) is 0 Å². The number of piperidine rings is 1. The Labute approximate surface area is 124 Å². The van der Waals surface area contributed by atoms with E-state index < -0.39 is 0 Å². The summed E-state index contributed by atoms with van der Waals surface area (Å²) in [5.41, 5.74) is 0.478. The number of nitrogens with zero attached hydrogens (tertiary/aromatic N) is 1. The highest BCUT2D eigenvalue weighted by atomic mass is 16.5. The molecule has 1 aliphatic carbocycles. The molecule has 1 unspecified atom stereocenters. The van der Waals surface area contributed by atoms with Crippen molar-refractivity contribution < 1.29 is 4.74 Å². The quantitative estimate of drug-likeness (QED) is 0.810. The van der Waals surface area contributed by atoms with Crippen LogP contribution in [0.4, 0.5) is 0 Å². The van der Waals surface area contributed by atoms with Gasteiger partial charge in [-0.3, -0.25) is 4.90 Å². The molecular formula is C17H32N2O. The summed E-state index contributed by atoms with van der Waals surface area (Å²) in [6, 6.07) is 1.67. The zero-order chi connectivity index (χ0) is 13.8. The van der Waals surface area contributed by atoms with Crippen molar-refractivity contribution in [2.45, 2.75) is 70.4 Å². The Kier molecular flexibility index (Phi) is 5.00. The third-order valence-corrected chi connectivity index (χ3v) is 5.66. The van der Waals surface area contributed by atoms with E-state index >= 15 is 0 Å². The van der Waals surface area contributed by atoms with E-state index in [1.54, 1.807) is 0 Å². The first kappa shape index (κ1) is 14.8. The summed E-state index contributed by atoms with van der Waals surface area (Å²) < 4.78 is 5.64. The fraction of sp³-hybridized carbons (Fsp3) is 1.00. The van der Waals surface area contributed by atoms with Crippen LogP contribution in [0.15, 0.2) is 0 Å². The summed E-state index contributed by atoms with van der Waals surface area (Å²) >= 11 is 0. The summed E-state index contributed by atoms with van der Waals surface area (Å²) in [6.45, 7) is 8.14. The van der Waals surface area contributed by atoms with Crippen LogP contribution in [-0.2, 0) is 4.74 Å². The van der Waals surface area contributed by atoms with E-state index in [9.17, 15) is 0 Å². The lowest BCUT2D eigenvalue weighted by molar-refractivity contribution is -0.0179. The van der Waals surface area contributed by atoms with Gasteiger partial charge in [0.15, 0.2) is 0 Å². The molecule has 1 N–H and O–H groups in total. The zero-order valence-electron chi connectivity index (χ0n) is 13.2. The van der Waals surface area contributed by atoms with Crippen molar-refractivity contribution in [1.82, 2.24) is 10.2 Å². The van der Waals surface area contributed by atoms with Crippen LogP contribution in [0.3, 0.4) is 0 Å². The molecule has 3 fully saturated rings. The molecule has 0 aromatic rings. The highest BCUT2D eigenvalue weighted by molar-refractivity contribution is 4.92. The highest BCUT2D eigenvalue weighted by Gasteiger charge is 2.37. The predicted molar refractivity (Wildman–Crippen MR) is 83.0 cm³/mol. The first-order valence-corrected chi connectivity index (χ1v) is 8.86. The molecule has 1 saturated carbocycles. The van der Waals surface area contributed by atoms with Crippen molar-refractivity contribution in [3.05, 3.63) is 0 Å². The molecule has 2 saturated heterocycles. The van der Waals surface area contributed by atoms with Gasteiger partial charge in [-0.2, -0.15) is 0 Å². The fourth-order valence-electron chi connectivity index (χ4n) is 4.00. The van der Waals surface area contributed by atoms with Crippen LogP contribution in [0.2, 0.25) is 0 Å². The molecule has 0 aromatic heterocycles. The van der Waals surface area contributed by atoms with Gasteiger partial charge >= 0.3 is 0 Å². The first-order chi connectivity index (χ1) is 9.81. The van der Waals surface area contributed by atoms with Gasteiger partial charge in [0, 0.05) is 38.4 Å². The first-order valence-electron chi connectivity index (χ1n) is 8.86. The second-order valence-corrected chi connectivity index (χ2v) is 7.30. The standard InChI is InChI=1S/C17H32N2O/c1-2-16-5-3-4-10-19(16)14-17(8-11-20-12-9-17)13-18-15-6-7-15/h15-16,18H,2-14H2,1H3. The lowest BCUT2D eigenvalue weighted by atomic mass is 9.78. The van der Waals surface area contributed by atoms with Crippen molar-refractivity contribution in [3.8, 4) is 0 Å². The highest BCUT2D eigenvalue weighted by Crippen LogP contribution is 2.34. The van der Waals surface area contributed by atoms with Gasteiger partial charge in [-0.1, -0.05) is 13.3 Å². The van der Waals surface area contributed by atoms with Crippen molar-refractivity contribution >= 4 is 0 Å². The van der Waals surface area contributed by atoms with E-state index in [0.29, 0.717) is 5.41 Å². The Morgan fingerprint density at radius 2 is 1.95 bits per heavy atom. The number of nitrogens with one attached hydrogen (secondary N) is 1. The fourth-order valence-corrected chi connectivity index (χ4v) is 4.00. The zero-order valence-corrected chi connectivity index (χ0v) is 13.2. The molecular weight excluding hydrogens is 248 g/mol. The van der Waals surface area contributed by atoms with Crippen LogP contribution in [0, 0.1) is 5.41 Å². The molecule has 0 bridgehead atoms. The molecule has 116 valence electrons. The Balaban J connectivity index is 1.61. The van der Waals surface area contributed by atoms with Crippen LogP contribution < -0.4 is 5.32 Å². The monoisotopic (exact) mass is 280 g/mol. The summed E-state index contributed by atoms with van der Waals surface area (Å²) in [4.78, 5) is 2.81. The number of likely N-dealkylation sites (tertiary alicyclic amines) is 1. The molecule has 3 aliphatic rings. The van der Waals surface area contributed by atoms with Crippen LogP contribution in [0.1, 0.15) is 58.3 Å². The molecule has 3 rings (SSSR count). The normalized spacial score (nSPS) is 31.4. The Morgan fingerprint density at radius 1 is 1.15 bits per heavy atom. The summed E-state index contributed by atoms with van der Waals surface area (Å²) in [5.74, 6) is 0. The molecule has 0 spiro atoms. The van der Waals surface area contributed by atoms with Crippen molar-refractivity contribution in [2.24, 2.45) is 5.41 Å². The van der Waals surface area contributed by atoms with Crippen molar-refractivity contribution in [1.29, 1.82) is 0 Å². The lowest BCUT2D eigenvalue weighted by Gasteiger charge is -2.45. The van der Waals surface area contributed by atoms with Crippen LogP contribution in [0.5, 0.6) is 0 Å². The minimum Gasteiger partial charge on any atom is -0.381 e. The minimum absolute atomic E-state index is 0.478. The van der Waals surface area contributed by atoms with E-state index in [0.717, 1.165) is 25.3 Å². The van der Waals surface area contributed by atoms with E-state index in [-0.39, 0.29) is 0 Å². The van der Waals surface area contributed by atoms with Gasteiger partial charge in [-0.15, -0.1) is 0 Å². The second-order valence-electron chi connectivity index (χ2n) is 7.30. The van der Waals surface area contributed by atoms with E-state index in [2.05, 4.69) is 17.1 Å². The average Bonchev–Trinajstić information content (AvgIpc) is 3.31. The smallest absolute Gasteiger partial charge is 0.0472 e. The molecule has 20 heavy (non-hydrogen) atoms. The minimum atomic E-state index is 0.478. The van der Waals surface area contributed by atoms with Gasteiger partial charge in [0.1, 0.15) is 0 Å². The summed E-state index contributed by atoms with van der Waals surface area (Å²) in [5, 5.41) is 3.81. The maximum absolute atomic E-state index is 5.64. The van der Waals surface area contributed by atoms with Gasteiger partial charge in [0.25, 0.3) is 0 Å². The third-order valence-electron chi connectivity index (χ3n) is 5.66. The van der Waals surface area contributed by atoms with Crippen LogP contribution >= 0.6 is 0 Å². The Morgan fingerprint density at radius 3 is 2.65 bits per heavy atom. The Hall–Kier alpha value is -0.120. The number of rotatable bonds is 6. The van der Waals surface area contributed by atoms with E-state index in [1.807, 2.05) is 0 Å². The lowest BCUT2D eigenvalue weighted by Crippen LogP contribution is -2.51. The van der Waals surface area contributed by atoms with Crippen molar-refractivity contribution in [2.75, 3.05) is 32.8 Å². The molecule has 0 aromatic carbocycles. The maximum Gasteiger partial charge on any atom is 0.0472 e. The topological polar surface area (TPSA) is 24.5 Å². The van der Waals surface area contributed by atoms with E-state index in [4.69, 9.17) is 4.74 Å². The molecule has 0 amide bonds.